The molecule has 0 aliphatic heterocycles. The van der Waals surface area contributed by atoms with Crippen LogP contribution in [0.5, 0.6) is 11.5 Å². The quantitative estimate of drug-likeness (QED) is 0.163. The van der Waals surface area contributed by atoms with Crippen molar-refractivity contribution in [3.63, 3.8) is 0 Å². The SMILES string of the molecule is CCCCCCCCCCCCOc1ccc(CC(=O)NC(CC)[n+]2ccccc2)cc1OC.[I-]. The zero-order valence-corrected chi connectivity index (χ0v) is 24.1. The highest BCUT2D eigenvalue weighted by atomic mass is 127. The van der Waals surface area contributed by atoms with Crippen LogP contribution in [0.25, 0.3) is 0 Å². The lowest BCUT2D eigenvalue weighted by atomic mass is 10.1. The van der Waals surface area contributed by atoms with Crippen LogP contribution in [0.15, 0.2) is 48.8 Å². The summed E-state index contributed by atoms with van der Waals surface area (Å²) < 4.78 is 13.5. The van der Waals surface area contributed by atoms with Gasteiger partial charge in [0, 0.05) is 18.6 Å². The number of hydrogen-bond donors (Lipinski definition) is 1. The van der Waals surface area contributed by atoms with Crippen LogP contribution >= 0.6 is 0 Å². The van der Waals surface area contributed by atoms with E-state index in [9.17, 15) is 4.79 Å². The van der Waals surface area contributed by atoms with E-state index >= 15 is 0 Å². The van der Waals surface area contributed by atoms with Crippen LogP contribution in [0.4, 0.5) is 0 Å². The number of benzene rings is 1. The number of aromatic nitrogens is 1. The number of unbranched alkanes of at least 4 members (excludes halogenated alkanes) is 9. The van der Waals surface area contributed by atoms with Gasteiger partial charge in [0.1, 0.15) is 0 Å². The average molecular weight is 597 g/mol. The molecular weight excluding hydrogens is 551 g/mol. The Bertz CT molecular complexity index is 817. The van der Waals surface area contributed by atoms with Crippen LogP contribution in [0.3, 0.4) is 0 Å². The summed E-state index contributed by atoms with van der Waals surface area (Å²) in [5.41, 5.74) is 0.911. The maximum atomic E-state index is 12.6. The average Bonchev–Trinajstić information content (AvgIpc) is 2.87. The third kappa shape index (κ3) is 12.6. The maximum absolute atomic E-state index is 12.6. The number of carbonyl (C=O) groups excluding carboxylic acids is 1. The summed E-state index contributed by atoms with van der Waals surface area (Å²) in [4.78, 5) is 12.6. The van der Waals surface area contributed by atoms with Crippen LogP contribution in [0.1, 0.15) is 96.2 Å². The van der Waals surface area contributed by atoms with E-state index in [1.165, 1.54) is 57.8 Å². The molecule has 0 fully saturated rings. The third-order valence-corrected chi connectivity index (χ3v) is 6.16. The summed E-state index contributed by atoms with van der Waals surface area (Å²) in [7, 11) is 1.64. The van der Waals surface area contributed by atoms with Gasteiger partial charge in [-0.05, 0) is 24.1 Å². The van der Waals surface area contributed by atoms with Gasteiger partial charge < -0.3 is 33.5 Å². The van der Waals surface area contributed by atoms with Gasteiger partial charge in [0.15, 0.2) is 23.9 Å². The second-order valence-corrected chi connectivity index (χ2v) is 9.01. The Labute approximate surface area is 230 Å². The Morgan fingerprint density at radius 2 is 1.51 bits per heavy atom. The molecule has 196 valence electrons. The smallest absolute Gasteiger partial charge is 0.233 e. The molecule has 0 spiro atoms. The van der Waals surface area contributed by atoms with Gasteiger partial charge >= 0.3 is 0 Å². The normalized spacial score (nSPS) is 11.4. The van der Waals surface area contributed by atoms with Gasteiger partial charge in [0.05, 0.1) is 20.1 Å². The molecule has 0 bridgehead atoms. The van der Waals surface area contributed by atoms with Gasteiger partial charge in [0.25, 0.3) is 0 Å². The van der Waals surface area contributed by atoms with Crippen LogP contribution in [-0.4, -0.2) is 19.6 Å². The zero-order valence-electron chi connectivity index (χ0n) is 21.9. The van der Waals surface area contributed by atoms with Gasteiger partial charge in [-0.1, -0.05) is 83.8 Å². The predicted octanol–water partition coefficient (Wildman–Crippen LogP) is 3.55. The number of methoxy groups -OCH3 is 1. The molecule has 1 atom stereocenters. The van der Waals surface area contributed by atoms with Gasteiger partial charge in [0.2, 0.25) is 12.1 Å². The van der Waals surface area contributed by atoms with Crippen LogP contribution in [0, 0.1) is 0 Å². The van der Waals surface area contributed by atoms with Gasteiger partial charge in [-0.25, -0.2) is 0 Å². The number of pyridine rings is 1. The Morgan fingerprint density at radius 1 is 0.886 bits per heavy atom. The fraction of sp³-hybridized carbons (Fsp3) is 0.586. The van der Waals surface area contributed by atoms with E-state index in [-0.39, 0.29) is 36.0 Å². The number of halogens is 1. The van der Waals surface area contributed by atoms with Crippen molar-refractivity contribution in [2.75, 3.05) is 13.7 Å². The number of rotatable bonds is 18. The van der Waals surface area contributed by atoms with Crippen molar-refractivity contribution in [1.82, 2.24) is 5.32 Å². The highest BCUT2D eigenvalue weighted by Crippen LogP contribution is 2.28. The van der Waals surface area contributed by atoms with Gasteiger partial charge in [-0.3, -0.25) is 10.1 Å². The molecule has 5 nitrogen and oxygen atoms in total. The summed E-state index contributed by atoms with van der Waals surface area (Å²) in [5.74, 6) is 1.42. The number of nitrogens with one attached hydrogen (secondary N) is 1. The van der Waals surface area contributed by atoms with Crippen molar-refractivity contribution >= 4 is 5.91 Å². The summed E-state index contributed by atoms with van der Waals surface area (Å²) >= 11 is 0. The van der Waals surface area contributed by atoms with E-state index < -0.39 is 0 Å². The standard InChI is InChI=1S/C29H44N2O3.HI/c1-4-6-7-8-9-10-11-12-13-17-22-34-26-19-18-25(23-27(26)33-3)24-29(32)30-28(5-2)31-20-15-14-16-21-31;/h14-16,18-21,23,28H,4-13,17,22,24H2,1-3H3;1H. The Morgan fingerprint density at radius 3 is 2.11 bits per heavy atom. The predicted molar refractivity (Wildman–Crippen MR) is 138 cm³/mol. The van der Waals surface area contributed by atoms with E-state index in [1.54, 1.807) is 7.11 Å². The molecular formula is C29H45IN2O3. The number of amides is 1. The first-order chi connectivity index (χ1) is 16.7. The van der Waals surface area contributed by atoms with Crippen molar-refractivity contribution in [2.24, 2.45) is 0 Å². The van der Waals surface area contributed by atoms with E-state index in [4.69, 9.17) is 9.47 Å². The van der Waals surface area contributed by atoms with Crippen molar-refractivity contribution < 1.29 is 42.8 Å². The van der Waals surface area contributed by atoms with E-state index in [1.807, 2.05) is 53.4 Å². The second kappa shape index (κ2) is 19.4. The van der Waals surface area contributed by atoms with E-state index in [0.717, 1.165) is 24.2 Å². The van der Waals surface area contributed by atoms with E-state index in [0.29, 0.717) is 18.8 Å². The fourth-order valence-electron chi connectivity index (χ4n) is 4.14. The van der Waals surface area contributed by atoms with Crippen LogP contribution in [-0.2, 0) is 11.2 Å². The third-order valence-electron chi connectivity index (χ3n) is 6.16. The summed E-state index contributed by atoms with van der Waals surface area (Å²) in [6.45, 7) is 5.02. The van der Waals surface area contributed by atoms with Gasteiger partial charge in [-0.2, -0.15) is 4.57 Å². The summed E-state index contributed by atoms with van der Waals surface area (Å²) in [6.07, 6.45) is 18.1. The Hall–Kier alpha value is -1.83. The molecule has 1 aromatic carbocycles. The molecule has 1 amide bonds. The lowest BCUT2D eigenvalue weighted by Crippen LogP contribution is -3.00. The number of ether oxygens (including phenoxy) is 2. The van der Waals surface area contributed by atoms with Gasteiger partial charge in [-0.15, -0.1) is 0 Å². The monoisotopic (exact) mass is 596 g/mol. The minimum atomic E-state index is -0.0562. The molecule has 35 heavy (non-hydrogen) atoms. The molecule has 0 aliphatic rings. The Balaban J connectivity index is 0.00000612. The minimum Gasteiger partial charge on any atom is -1.00 e. The lowest BCUT2D eigenvalue weighted by molar-refractivity contribution is -0.727. The molecule has 0 saturated heterocycles. The molecule has 2 aromatic rings. The van der Waals surface area contributed by atoms with Crippen molar-refractivity contribution in [2.45, 2.75) is 97.1 Å². The molecule has 0 saturated carbocycles. The second-order valence-electron chi connectivity index (χ2n) is 9.01. The number of carbonyl (C=O) groups is 1. The first kappa shape index (κ1) is 31.2. The highest BCUT2D eigenvalue weighted by molar-refractivity contribution is 5.78. The van der Waals surface area contributed by atoms with Crippen molar-refractivity contribution in [1.29, 1.82) is 0 Å². The van der Waals surface area contributed by atoms with E-state index in [2.05, 4.69) is 19.2 Å². The molecule has 0 radical (unpaired) electrons. The first-order valence-corrected chi connectivity index (χ1v) is 13.2. The molecule has 1 aromatic heterocycles. The molecule has 1 heterocycles. The Kier molecular flexibility index (Phi) is 17.3. The highest BCUT2D eigenvalue weighted by Gasteiger charge is 2.18. The van der Waals surface area contributed by atoms with Crippen molar-refractivity contribution in [3.8, 4) is 11.5 Å². The van der Waals surface area contributed by atoms with Crippen molar-refractivity contribution in [3.05, 3.63) is 54.4 Å². The lowest BCUT2D eigenvalue weighted by Gasteiger charge is -2.14. The fourth-order valence-corrected chi connectivity index (χ4v) is 4.14. The van der Waals surface area contributed by atoms with Crippen LogP contribution < -0.4 is 43.3 Å². The number of hydrogen-bond acceptors (Lipinski definition) is 3. The maximum Gasteiger partial charge on any atom is 0.233 e. The summed E-state index contributed by atoms with van der Waals surface area (Å²) in [6, 6.07) is 11.7. The summed E-state index contributed by atoms with van der Waals surface area (Å²) in [5, 5.41) is 3.11. The van der Waals surface area contributed by atoms with Crippen LogP contribution in [0.2, 0.25) is 0 Å². The molecule has 1 unspecified atom stereocenters. The molecule has 0 aliphatic carbocycles. The number of nitrogens with zero attached hydrogens (tertiary/aromatic N) is 1. The molecule has 2 rings (SSSR count). The molecule has 6 heteroatoms. The minimum absolute atomic E-state index is 0. The topological polar surface area (TPSA) is 51.4 Å². The zero-order chi connectivity index (χ0) is 24.4. The first-order valence-electron chi connectivity index (χ1n) is 13.2. The largest absolute Gasteiger partial charge is 1.00 e. The molecule has 1 N–H and O–H groups in total.